The number of nitrogens with zero attached hydrogens (tertiary/aromatic N) is 1. The van der Waals surface area contributed by atoms with Gasteiger partial charge in [0.25, 0.3) is 0 Å². The molecule has 0 saturated heterocycles. The van der Waals surface area contributed by atoms with Crippen molar-refractivity contribution in [2.24, 2.45) is 0 Å². The first-order chi connectivity index (χ1) is 12.9. The third kappa shape index (κ3) is 5.82. The molecule has 5 nitrogen and oxygen atoms in total. The van der Waals surface area contributed by atoms with E-state index in [0.29, 0.717) is 36.5 Å². The molecule has 0 saturated carbocycles. The van der Waals surface area contributed by atoms with Crippen LogP contribution in [-0.4, -0.2) is 37.5 Å². The third-order valence-corrected chi connectivity index (χ3v) is 7.34. The highest BCUT2D eigenvalue weighted by Gasteiger charge is 2.24. The Bertz CT molecular complexity index is 864. The topological polar surface area (TPSA) is 66.5 Å². The van der Waals surface area contributed by atoms with Gasteiger partial charge in [0.1, 0.15) is 0 Å². The van der Waals surface area contributed by atoms with Crippen molar-refractivity contribution in [2.45, 2.75) is 37.0 Å². The maximum atomic E-state index is 12.8. The molecule has 0 aliphatic carbocycles. The molecule has 0 aliphatic heterocycles. The van der Waals surface area contributed by atoms with Gasteiger partial charge in [-0.1, -0.05) is 38.1 Å². The van der Waals surface area contributed by atoms with Crippen LogP contribution in [0.3, 0.4) is 0 Å². The largest absolute Gasteiger partial charge is 0.326 e. The summed E-state index contributed by atoms with van der Waals surface area (Å²) >= 11 is 1.62. The van der Waals surface area contributed by atoms with Crippen molar-refractivity contribution in [3.63, 3.8) is 0 Å². The number of hydrogen-bond donors (Lipinski definition) is 1. The van der Waals surface area contributed by atoms with E-state index >= 15 is 0 Å². The third-order valence-electron chi connectivity index (χ3n) is 4.14. The lowest BCUT2D eigenvalue weighted by molar-refractivity contribution is -0.115. The van der Waals surface area contributed by atoms with Gasteiger partial charge in [-0.25, -0.2) is 8.42 Å². The summed E-state index contributed by atoms with van der Waals surface area (Å²) in [7, 11) is -3.57. The van der Waals surface area contributed by atoms with Crippen LogP contribution in [0, 0.1) is 6.92 Å². The number of rotatable bonds is 9. The summed E-state index contributed by atoms with van der Waals surface area (Å²) in [6.07, 6.45) is 0.353. The number of nitrogens with one attached hydrogen (secondary N) is 1. The van der Waals surface area contributed by atoms with Crippen LogP contribution in [0.25, 0.3) is 0 Å². The van der Waals surface area contributed by atoms with E-state index in [0.717, 1.165) is 4.90 Å². The number of benzene rings is 2. The lowest BCUT2D eigenvalue weighted by atomic mass is 10.2. The van der Waals surface area contributed by atoms with Gasteiger partial charge in [0.2, 0.25) is 15.9 Å². The monoisotopic (exact) mass is 406 g/mol. The fourth-order valence-electron chi connectivity index (χ4n) is 2.66. The minimum Gasteiger partial charge on any atom is -0.326 e. The molecular formula is C20H26N2O3S2. The number of anilines is 1. The summed E-state index contributed by atoms with van der Waals surface area (Å²) in [4.78, 5) is 13.6. The number of carbonyl (C=O) groups excluding carboxylic acids is 1. The van der Waals surface area contributed by atoms with E-state index in [1.165, 1.54) is 4.31 Å². The minimum atomic E-state index is -3.57. The van der Waals surface area contributed by atoms with Crippen molar-refractivity contribution >= 4 is 33.4 Å². The number of aryl methyl sites for hydroxylation is 1. The molecule has 0 fully saturated rings. The molecule has 0 spiro atoms. The number of carbonyl (C=O) groups is 1. The molecule has 2 rings (SSSR count). The molecule has 0 radical (unpaired) electrons. The molecule has 2 aromatic rings. The van der Waals surface area contributed by atoms with Gasteiger partial charge < -0.3 is 5.32 Å². The zero-order valence-electron chi connectivity index (χ0n) is 15.9. The summed E-state index contributed by atoms with van der Waals surface area (Å²) in [5.41, 5.74) is 1.17. The maximum absolute atomic E-state index is 12.8. The van der Waals surface area contributed by atoms with Crippen molar-refractivity contribution in [2.75, 3.05) is 24.2 Å². The molecule has 2 aromatic carbocycles. The van der Waals surface area contributed by atoms with Crippen LogP contribution >= 0.6 is 11.8 Å². The lowest BCUT2D eigenvalue weighted by Gasteiger charge is -2.20. The summed E-state index contributed by atoms with van der Waals surface area (Å²) in [5, 5.41) is 2.81. The molecule has 0 heterocycles. The second-order valence-electron chi connectivity index (χ2n) is 6.03. The zero-order chi connectivity index (χ0) is 19.9. The van der Waals surface area contributed by atoms with Crippen molar-refractivity contribution < 1.29 is 13.2 Å². The van der Waals surface area contributed by atoms with Crippen molar-refractivity contribution in [3.05, 3.63) is 54.1 Å². The van der Waals surface area contributed by atoms with Gasteiger partial charge in [-0.15, -0.1) is 11.8 Å². The highest BCUT2D eigenvalue weighted by Crippen LogP contribution is 2.24. The molecule has 0 aromatic heterocycles. The number of hydrogen-bond acceptors (Lipinski definition) is 4. The average molecular weight is 407 g/mol. The smallest absolute Gasteiger partial charge is 0.243 e. The Morgan fingerprint density at radius 2 is 1.74 bits per heavy atom. The van der Waals surface area contributed by atoms with Crippen LogP contribution < -0.4 is 5.32 Å². The quantitative estimate of drug-likeness (QED) is 0.636. The highest BCUT2D eigenvalue weighted by molar-refractivity contribution is 7.99. The first kappa shape index (κ1) is 21.5. The van der Waals surface area contributed by atoms with Crippen molar-refractivity contribution in [1.82, 2.24) is 4.31 Å². The summed E-state index contributed by atoms with van der Waals surface area (Å²) in [5.74, 6) is 0.528. The molecule has 7 heteroatoms. The Hall–Kier alpha value is -1.83. The standard InChI is InChI=1S/C20H26N2O3S2/c1-4-22(5-2)27(24,25)19-15-17(12-11-16(19)3)21-20(23)13-14-26-18-9-7-6-8-10-18/h6-12,15H,4-5,13-14H2,1-3H3,(H,21,23). The molecule has 1 amide bonds. The first-order valence-electron chi connectivity index (χ1n) is 8.97. The molecule has 0 bridgehead atoms. The molecular weight excluding hydrogens is 380 g/mol. The Morgan fingerprint density at radius 3 is 2.37 bits per heavy atom. The van der Waals surface area contributed by atoms with E-state index in [9.17, 15) is 13.2 Å². The van der Waals surface area contributed by atoms with Gasteiger partial charge in [0.15, 0.2) is 0 Å². The second kappa shape index (κ2) is 9.92. The van der Waals surface area contributed by atoms with Crippen LogP contribution in [0.15, 0.2) is 58.3 Å². The van der Waals surface area contributed by atoms with Crippen molar-refractivity contribution in [1.29, 1.82) is 0 Å². The van der Waals surface area contributed by atoms with E-state index in [-0.39, 0.29) is 10.8 Å². The molecule has 27 heavy (non-hydrogen) atoms. The zero-order valence-corrected chi connectivity index (χ0v) is 17.6. The van der Waals surface area contributed by atoms with Crippen LogP contribution in [-0.2, 0) is 14.8 Å². The summed E-state index contributed by atoms with van der Waals surface area (Å²) < 4.78 is 27.0. The Balaban J connectivity index is 2.03. The van der Waals surface area contributed by atoms with Gasteiger partial charge in [-0.2, -0.15) is 4.31 Å². The summed E-state index contributed by atoms with van der Waals surface area (Å²) in [6.45, 7) is 6.20. The van der Waals surface area contributed by atoms with E-state index in [1.54, 1.807) is 36.9 Å². The number of amides is 1. The number of thioether (sulfide) groups is 1. The molecule has 0 aliphatic rings. The van der Waals surface area contributed by atoms with Gasteiger partial charge in [-0.05, 0) is 36.8 Å². The predicted molar refractivity (Wildman–Crippen MR) is 112 cm³/mol. The minimum absolute atomic E-state index is 0.131. The van der Waals surface area contributed by atoms with E-state index in [1.807, 2.05) is 44.2 Å². The predicted octanol–water partition coefficient (Wildman–Crippen LogP) is 4.15. The normalized spacial score (nSPS) is 11.6. The lowest BCUT2D eigenvalue weighted by Crippen LogP contribution is -2.31. The average Bonchev–Trinajstić information content (AvgIpc) is 2.65. The number of sulfonamides is 1. The molecule has 0 atom stereocenters. The van der Waals surface area contributed by atoms with Gasteiger partial charge in [-0.3, -0.25) is 4.79 Å². The fourth-order valence-corrected chi connectivity index (χ4v) is 5.24. The Morgan fingerprint density at radius 1 is 1.07 bits per heavy atom. The highest BCUT2D eigenvalue weighted by atomic mass is 32.2. The van der Waals surface area contributed by atoms with Crippen LogP contribution in [0.2, 0.25) is 0 Å². The first-order valence-corrected chi connectivity index (χ1v) is 11.4. The fraction of sp³-hybridized carbons (Fsp3) is 0.350. The van der Waals surface area contributed by atoms with Crippen LogP contribution in [0.1, 0.15) is 25.8 Å². The molecule has 0 unspecified atom stereocenters. The summed E-state index contributed by atoms with van der Waals surface area (Å²) in [6, 6.07) is 14.9. The Labute approximate surface area is 166 Å². The van der Waals surface area contributed by atoms with E-state index < -0.39 is 10.0 Å². The van der Waals surface area contributed by atoms with Crippen LogP contribution in [0.5, 0.6) is 0 Å². The Kier molecular flexibility index (Phi) is 7.89. The van der Waals surface area contributed by atoms with Crippen molar-refractivity contribution in [3.8, 4) is 0 Å². The second-order valence-corrected chi connectivity index (χ2v) is 9.10. The van der Waals surface area contributed by atoms with Gasteiger partial charge in [0, 0.05) is 35.8 Å². The van der Waals surface area contributed by atoms with E-state index in [4.69, 9.17) is 0 Å². The maximum Gasteiger partial charge on any atom is 0.243 e. The SMILES string of the molecule is CCN(CC)S(=O)(=O)c1cc(NC(=O)CCSc2ccccc2)ccc1C. The van der Waals surface area contributed by atoms with Crippen LogP contribution in [0.4, 0.5) is 5.69 Å². The molecule has 146 valence electrons. The molecule has 1 N–H and O–H groups in total. The van der Waals surface area contributed by atoms with Gasteiger partial charge in [0.05, 0.1) is 4.90 Å². The van der Waals surface area contributed by atoms with Gasteiger partial charge >= 0.3 is 0 Å². The van der Waals surface area contributed by atoms with E-state index in [2.05, 4.69) is 5.32 Å².